The molecule has 0 saturated carbocycles. The number of rotatable bonds is 6. The van der Waals surface area contributed by atoms with Gasteiger partial charge in [0.2, 0.25) is 0 Å². The van der Waals surface area contributed by atoms with Crippen LogP contribution in [0.1, 0.15) is 37.8 Å². The molecule has 3 rings (SSSR count). The summed E-state index contributed by atoms with van der Waals surface area (Å²) in [5.74, 6) is 0.644. The summed E-state index contributed by atoms with van der Waals surface area (Å²) in [6, 6.07) is 14.5. The molecule has 6 heteroatoms. The summed E-state index contributed by atoms with van der Waals surface area (Å²) >= 11 is 6.05. The van der Waals surface area contributed by atoms with E-state index >= 15 is 0 Å². The molecule has 1 aliphatic rings. The summed E-state index contributed by atoms with van der Waals surface area (Å²) in [5.41, 5.74) is 0.876. The third-order valence-electron chi connectivity index (χ3n) is 4.84. The van der Waals surface area contributed by atoms with Crippen molar-refractivity contribution in [2.45, 2.75) is 32.2 Å². The average Bonchev–Trinajstić information content (AvgIpc) is 2.87. The topological polar surface area (TPSA) is 58.6 Å². The van der Waals surface area contributed by atoms with Crippen molar-refractivity contribution in [3.8, 4) is 5.75 Å². The molecule has 0 aromatic heterocycles. The molecular formula is C21H23ClN2O3. The Labute approximate surface area is 164 Å². The first-order valence-electron chi connectivity index (χ1n) is 8.95. The lowest BCUT2D eigenvalue weighted by Gasteiger charge is -2.23. The van der Waals surface area contributed by atoms with Crippen molar-refractivity contribution in [1.82, 2.24) is 10.2 Å². The monoisotopic (exact) mass is 386 g/mol. The lowest BCUT2D eigenvalue weighted by Crippen LogP contribution is -2.41. The van der Waals surface area contributed by atoms with Crippen molar-refractivity contribution in [3.63, 3.8) is 0 Å². The molecule has 2 aromatic carbocycles. The molecule has 142 valence electrons. The molecule has 1 saturated heterocycles. The number of benzene rings is 2. The number of para-hydroxylation sites is 1. The Morgan fingerprint density at radius 3 is 2.41 bits per heavy atom. The predicted octanol–water partition coefficient (Wildman–Crippen LogP) is 4.31. The Morgan fingerprint density at radius 1 is 1.11 bits per heavy atom. The zero-order valence-electron chi connectivity index (χ0n) is 15.7. The minimum absolute atomic E-state index is 0.148. The highest BCUT2D eigenvalue weighted by Gasteiger charge is 2.48. The van der Waals surface area contributed by atoms with E-state index in [9.17, 15) is 9.59 Å². The summed E-state index contributed by atoms with van der Waals surface area (Å²) in [5, 5.41) is 3.30. The molecule has 1 aliphatic heterocycles. The van der Waals surface area contributed by atoms with Crippen molar-refractivity contribution >= 4 is 23.5 Å². The van der Waals surface area contributed by atoms with E-state index in [1.807, 2.05) is 36.4 Å². The van der Waals surface area contributed by atoms with E-state index in [2.05, 4.69) is 19.2 Å². The van der Waals surface area contributed by atoms with Gasteiger partial charge in [-0.15, -0.1) is 0 Å². The van der Waals surface area contributed by atoms with E-state index in [1.165, 1.54) is 10.5 Å². The van der Waals surface area contributed by atoms with Crippen LogP contribution in [0.2, 0.25) is 5.02 Å². The molecule has 0 aliphatic carbocycles. The molecule has 0 radical (unpaired) electrons. The number of ether oxygens (including phenoxy) is 1. The van der Waals surface area contributed by atoms with Crippen LogP contribution in [0.4, 0.5) is 4.79 Å². The molecule has 1 heterocycles. The second kappa shape index (κ2) is 7.61. The molecule has 3 amide bonds. The second-order valence-corrected chi connectivity index (χ2v) is 7.47. The number of nitrogens with zero attached hydrogens (tertiary/aromatic N) is 1. The van der Waals surface area contributed by atoms with Crippen molar-refractivity contribution in [3.05, 3.63) is 64.7 Å². The third-order valence-corrected chi connectivity index (χ3v) is 5.15. The van der Waals surface area contributed by atoms with E-state index in [0.29, 0.717) is 16.7 Å². The van der Waals surface area contributed by atoms with Gasteiger partial charge in [-0.05, 0) is 36.1 Å². The lowest BCUT2D eigenvalue weighted by molar-refractivity contribution is -0.131. The van der Waals surface area contributed by atoms with Gasteiger partial charge < -0.3 is 10.1 Å². The lowest BCUT2D eigenvalue weighted by atomic mass is 9.90. The van der Waals surface area contributed by atoms with Crippen LogP contribution in [-0.2, 0) is 10.3 Å². The van der Waals surface area contributed by atoms with E-state index in [-0.39, 0.29) is 19.1 Å². The number of amides is 3. The van der Waals surface area contributed by atoms with Gasteiger partial charge in [0.15, 0.2) is 0 Å². The maximum atomic E-state index is 12.9. The summed E-state index contributed by atoms with van der Waals surface area (Å²) in [7, 11) is 0. The zero-order valence-corrected chi connectivity index (χ0v) is 16.4. The fraction of sp³-hybridized carbons (Fsp3) is 0.333. The smallest absolute Gasteiger partial charge is 0.325 e. The molecule has 0 bridgehead atoms. The normalized spacial score (nSPS) is 19.5. The molecule has 1 N–H and O–H groups in total. The number of hydrogen-bond acceptors (Lipinski definition) is 3. The largest absolute Gasteiger partial charge is 0.490 e. The number of nitrogens with one attached hydrogen (secondary N) is 1. The van der Waals surface area contributed by atoms with Crippen molar-refractivity contribution < 1.29 is 14.3 Å². The molecule has 27 heavy (non-hydrogen) atoms. The summed E-state index contributed by atoms with van der Waals surface area (Å²) in [6.45, 7) is 6.27. The molecule has 1 atom stereocenters. The van der Waals surface area contributed by atoms with E-state index < -0.39 is 11.6 Å². The third kappa shape index (κ3) is 3.78. The summed E-state index contributed by atoms with van der Waals surface area (Å²) < 4.78 is 5.61. The van der Waals surface area contributed by atoms with Crippen molar-refractivity contribution in [1.29, 1.82) is 0 Å². The molecule has 5 nitrogen and oxygen atoms in total. The number of urea groups is 1. The van der Waals surface area contributed by atoms with E-state index in [1.54, 1.807) is 19.1 Å². The zero-order chi connectivity index (χ0) is 19.6. The second-order valence-electron chi connectivity index (χ2n) is 7.07. The van der Waals surface area contributed by atoms with Gasteiger partial charge in [-0.1, -0.05) is 61.8 Å². The van der Waals surface area contributed by atoms with E-state index in [4.69, 9.17) is 16.3 Å². The molecule has 0 unspecified atom stereocenters. The van der Waals surface area contributed by atoms with Gasteiger partial charge in [0.25, 0.3) is 5.91 Å². The maximum absolute atomic E-state index is 12.9. The van der Waals surface area contributed by atoms with Gasteiger partial charge in [0.05, 0.1) is 11.6 Å². The van der Waals surface area contributed by atoms with Gasteiger partial charge in [-0.25, -0.2) is 4.79 Å². The predicted molar refractivity (Wildman–Crippen MR) is 105 cm³/mol. The van der Waals surface area contributed by atoms with Crippen LogP contribution in [0.15, 0.2) is 48.5 Å². The first-order valence-corrected chi connectivity index (χ1v) is 9.32. The van der Waals surface area contributed by atoms with Crippen LogP contribution >= 0.6 is 11.6 Å². The SMILES string of the molecule is CC(C)c1ccc([C@]2(C)NC(=O)N(CCOc3ccccc3Cl)C2=O)cc1. The summed E-state index contributed by atoms with van der Waals surface area (Å²) in [6.07, 6.45) is 0. The van der Waals surface area contributed by atoms with Gasteiger partial charge in [0.1, 0.15) is 17.9 Å². The number of carbonyl (C=O) groups excluding carboxylic acids is 2. The van der Waals surface area contributed by atoms with Gasteiger partial charge in [0, 0.05) is 0 Å². The highest BCUT2D eigenvalue weighted by Crippen LogP contribution is 2.30. The van der Waals surface area contributed by atoms with Crippen LogP contribution < -0.4 is 10.1 Å². The van der Waals surface area contributed by atoms with Gasteiger partial charge >= 0.3 is 6.03 Å². The number of hydrogen-bond donors (Lipinski definition) is 1. The van der Waals surface area contributed by atoms with Crippen LogP contribution in [0.25, 0.3) is 0 Å². The number of halogens is 1. The van der Waals surface area contributed by atoms with Crippen molar-refractivity contribution in [2.24, 2.45) is 0 Å². The number of carbonyl (C=O) groups is 2. The van der Waals surface area contributed by atoms with Gasteiger partial charge in [-0.2, -0.15) is 0 Å². The Kier molecular flexibility index (Phi) is 5.42. The molecule has 2 aromatic rings. The average molecular weight is 387 g/mol. The highest BCUT2D eigenvalue weighted by molar-refractivity contribution is 6.32. The Hall–Kier alpha value is -2.53. The molecule has 1 fully saturated rings. The van der Waals surface area contributed by atoms with E-state index in [0.717, 1.165) is 5.56 Å². The molecular weight excluding hydrogens is 364 g/mol. The summed E-state index contributed by atoms with van der Waals surface area (Å²) in [4.78, 5) is 26.5. The van der Waals surface area contributed by atoms with Crippen LogP contribution in [-0.4, -0.2) is 30.0 Å². The molecule has 0 spiro atoms. The standard InChI is InChI=1S/C21H23ClN2O3/c1-14(2)15-8-10-16(11-9-15)21(3)19(25)24(20(26)23-21)12-13-27-18-7-5-4-6-17(18)22/h4-11,14H,12-13H2,1-3H3,(H,23,26)/t21-/m0/s1. The van der Waals surface area contributed by atoms with Crippen LogP contribution in [0.5, 0.6) is 5.75 Å². The first kappa shape index (κ1) is 19.2. The highest BCUT2D eigenvalue weighted by atomic mass is 35.5. The quantitative estimate of drug-likeness (QED) is 0.752. The fourth-order valence-electron chi connectivity index (χ4n) is 3.11. The Bertz CT molecular complexity index is 851. The van der Waals surface area contributed by atoms with Gasteiger partial charge in [-0.3, -0.25) is 9.69 Å². The van der Waals surface area contributed by atoms with Crippen molar-refractivity contribution in [2.75, 3.05) is 13.2 Å². The Morgan fingerprint density at radius 2 is 1.78 bits per heavy atom. The maximum Gasteiger partial charge on any atom is 0.325 e. The number of imide groups is 1. The minimum Gasteiger partial charge on any atom is -0.490 e. The fourth-order valence-corrected chi connectivity index (χ4v) is 3.30. The first-order chi connectivity index (χ1) is 12.8. The van der Waals surface area contributed by atoms with Crippen LogP contribution in [0.3, 0.4) is 0 Å². The van der Waals surface area contributed by atoms with Crippen LogP contribution in [0, 0.1) is 0 Å². The minimum atomic E-state index is -1.07. The Balaban J connectivity index is 1.69.